The summed E-state index contributed by atoms with van der Waals surface area (Å²) >= 11 is 0. The van der Waals surface area contributed by atoms with Crippen LogP contribution >= 0.6 is 0 Å². The molecular weight excluding hydrogens is 231 g/mol. The molecule has 0 amide bonds. The molecule has 102 valence electrons. The predicted octanol–water partition coefficient (Wildman–Crippen LogP) is 2.41. The number of ether oxygens (including phenoxy) is 1. The molecular formula is C14H23FN2O. The van der Waals surface area contributed by atoms with Crippen LogP contribution in [0.5, 0.6) is 0 Å². The maximum Gasteiger partial charge on any atom is 0.146 e. The van der Waals surface area contributed by atoms with E-state index in [9.17, 15) is 4.39 Å². The standard InChI is InChI=1S/C14H23FN2O/c1-4-9-17(2)14-12(6-5-7-13(14)15)11-16-8-10-18-3/h5-7,16H,4,8-11H2,1-3H3. The van der Waals surface area contributed by atoms with Gasteiger partial charge < -0.3 is 15.0 Å². The summed E-state index contributed by atoms with van der Waals surface area (Å²) in [5.74, 6) is -0.156. The van der Waals surface area contributed by atoms with Crippen molar-refractivity contribution in [2.45, 2.75) is 19.9 Å². The molecule has 0 radical (unpaired) electrons. The SMILES string of the molecule is CCCN(C)c1c(F)cccc1CNCCOC. The highest BCUT2D eigenvalue weighted by Gasteiger charge is 2.11. The van der Waals surface area contributed by atoms with Gasteiger partial charge in [0.2, 0.25) is 0 Å². The summed E-state index contributed by atoms with van der Waals surface area (Å²) in [5, 5.41) is 3.25. The van der Waals surface area contributed by atoms with E-state index in [1.807, 2.05) is 18.0 Å². The zero-order valence-electron chi connectivity index (χ0n) is 11.5. The highest BCUT2D eigenvalue weighted by Crippen LogP contribution is 2.23. The number of methoxy groups -OCH3 is 1. The average molecular weight is 254 g/mol. The summed E-state index contributed by atoms with van der Waals surface area (Å²) in [7, 11) is 3.60. The molecule has 0 heterocycles. The lowest BCUT2D eigenvalue weighted by molar-refractivity contribution is 0.199. The van der Waals surface area contributed by atoms with Crippen LogP contribution in [0.25, 0.3) is 0 Å². The molecule has 0 unspecified atom stereocenters. The maximum absolute atomic E-state index is 13.9. The van der Waals surface area contributed by atoms with E-state index >= 15 is 0 Å². The van der Waals surface area contributed by atoms with Gasteiger partial charge in [-0.3, -0.25) is 0 Å². The first-order valence-corrected chi connectivity index (χ1v) is 6.38. The molecule has 0 saturated heterocycles. The number of benzene rings is 1. The van der Waals surface area contributed by atoms with E-state index in [4.69, 9.17) is 4.74 Å². The third-order valence-electron chi connectivity index (χ3n) is 2.81. The third-order valence-corrected chi connectivity index (χ3v) is 2.81. The van der Waals surface area contributed by atoms with Crippen LogP contribution < -0.4 is 10.2 Å². The second-order valence-electron chi connectivity index (χ2n) is 4.34. The van der Waals surface area contributed by atoms with Gasteiger partial charge in [-0.05, 0) is 18.1 Å². The Bertz CT molecular complexity index is 358. The minimum absolute atomic E-state index is 0.156. The molecule has 1 rings (SSSR count). The number of para-hydroxylation sites is 1. The van der Waals surface area contributed by atoms with Crippen molar-refractivity contribution in [3.8, 4) is 0 Å². The quantitative estimate of drug-likeness (QED) is 0.721. The van der Waals surface area contributed by atoms with E-state index < -0.39 is 0 Å². The van der Waals surface area contributed by atoms with Crippen LogP contribution in [0.2, 0.25) is 0 Å². The van der Waals surface area contributed by atoms with Gasteiger partial charge in [0.05, 0.1) is 12.3 Å². The highest BCUT2D eigenvalue weighted by atomic mass is 19.1. The average Bonchev–Trinajstić information content (AvgIpc) is 2.35. The van der Waals surface area contributed by atoms with E-state index in [0.717, 1.165) is 25.1 Å². The number of anilines is 1. The van der Waals surface area contributed by atoms with Gasteiger partial charge in [0.1, 0.15) is 5.82 Å². The molecule has 3 nitrogen and oxygen atoms in total. The Morgan fingerprint density at radius 3 is 2.83 bits per heavy atom. The number of hydrogen-bond acceptors (Lipinski definition) is 3. The van der Waals surface area contributed by atoms with E-state index in [1.165, 1.54) is 6.07 Å². The summed E-state index contributed by atoms with van der Waals surface area (Å²) in [6, 6.07) is 5.23. The molecule has 0 bridgehead atoms. The second kappa shape index (κ2) is 8.06. The maximum atomic E-state index is 13.9. The zero-order chi connectivity index (χ0) is 13.4. The Morgan fingerprint density at radius 1 is 1.39 bits per heavy atom. The third kappa shape index (κ3) is 4.27. The first-order valence-electron chi connectivity index (χ1n) is 6.38. The summed E-state index contributed by atoms with van der Waals surface area (Å²) in [6.45, 7) is 5.03. The number of rotatable bonds is 8. The minimum Gasteiger partial charge on any atom is -0.383 e. The fraction of sp³-hybridized carbons (Fsp3) is 0.571. The van der Waals surface area contributed by atoms with Crippen LogP contribution in [0.4, 0.5) is 10.1 Å². The van der Waals surface area contributed by atoms with E-state index in [1.54, 1.807) is 13.2 Å². The molecule has 0 aromatic heterocycles. The Labute approximate surface area is 109 Å². The molecule has 0 aliphatic carbocycles. The smallest absolute Gasteiger partial charge is 0.146 e. The summed E-state index contributed by atoms with van der Waals surface area (Å²) in [6.07, 6.45) is 1.00. The molecule has 0 atom stereocenters. The van der Waals surface area contributed by atoms with Crippen LogP contribution in [0.15, 0.2) is 18.2 Å². The first-order chi connectivity index (χ1) is 8.70. The van der Waals surface area contributed by atoms with Crippen molar-refractivity contribution in [1.82, 2.24) is 5.32 Å². The normalized spacial score (nSPS) is 10.7. The van der Waals surface area contributed by atoms with Crippen molar-refractivity contribution in [2.75, 3.05) is 38.8 Å². The summed E-state index contributed by atoms with van der Waals surface area (Å²) in [5.41, 5.74) is 1.69. The summed E-state index contributed by atoms with van der Waals surface area (Å²) in [4.78, 5) is 1.97. The minimum atomic E-state index is -0.156. The molecule has 18 heavy (non-hydrogen) atoms. The predicted molar refractivity (Wildman–Crippen MR) is 73.5 cm³/mol. The van der Waals surface area contributed by atoms with Crippen molar-refractivity contribution < 1.29 is 9.13 Å². The topological polar surface area (TPSA) is 24.5 Å². The monoisotopic (exact) mass is 254 g/mol. The van der Waals surface area contributed by atoms with Gasteiger partial charge in [-0.1, -0.05) is 19.1 Å². The largest absolute Gasteiger partial charge is 0.383 e. The van der Waals surface area contributed by atoms with Crippen LogP contribution in [-0.2, 0) is 11.3 Å². The lowest BCUT2D eigenvalue weighted by atomic mass is 10.1. The molecule has 0 aliphatic heterocycles. The molecule has 0 aliphatic rings. The number of hydrogen-bond donors (Lipinski definition) is 1. The highest BCUT2D eigenvalue weighted by molar-refractivity contribution is 5.54. The van der Waals surface area contributed by atoms with Gasteiger partial charge in [-0.25, -0.2) is 4.39 Å². The van der Waals surface area contributed by atoms with Crippen LogP contribution in [0, 0.1) is 5.82 Å². The first kappa shape index (κ1) is 14.9. The molecule has 1 aromatic rings. The molecule has 0 saturated carbocycles. The van der Waals surface area contributed by atoms with E-state index in [-0.39, 0.29) is 5.82 Å². The number of nitrogens with zero attached hydrogens (tertiary/aromatic N) is 1. The van der Waals surface area contributed by atoms with Crippen LogP contribution in [-0.4, -0.2) is 33.9 Å². The molecule has 0 fully saturated rings. The van der Waals surface area contributed by atoms with Gasteiger partial charge in [0.25, 0.3) is 0 Å². The zero-order valence-corrected chi connectivity index (χ0v) is 11.5. The lowest BCUT2D eigenvalue weighted by Crippen LogP contribution is -2.24. The van der Waals surface area contributed by atoms with Crippen molar-refractivity contribution in [3.05, 3.63) is 29.6 Å². The number of nitrogens with one attached hydrogen (secondary N) is 1. The molecule has 1 aromatic carbocycles. The van der Waals surface area contributed by atoms with Gasteiger partial charge >= 0.3 is 0 Å². The fourth-order valence-electron chi connectivity index (χ4n) is 1.97. The fourth-order valence-corrected chi connectivity index (χ4v) is 1.97. The molecule has 1 N–H and O–H groups in total. The summed E-state index contributed by atoms with van der Waals surface area (Å²) < 4.78 is 18.9. The van der Waals surface area contributed by atoms with Gasteiger partial charge in [-0.2, -0.15) is 0 Å². The van der Waals surface area contributed by atoms with Crippen LogP contribution in [0.1, 0.15) is 18.9 Å². The second-order valence-corrected chi connectivity index (χ2v) is 4.34. The Balaban J connectivity index is 2.73. The Hall–Kier alpha value is -1.13. The number of halogens is 1. The van der Waals surface area contributed by atoms with Crippen molar-refractivity contribution in [1.29, 1.82) is 0 Å². The molecule has 0 spiro atoms. The molecule has 4 heteroatoms. The van der Waals surface area contributed by atoms with Crippen molar-refractivity contribution >= 4 is 5.69 Å². The van der Waals surface area contributed by atoms with Crippen molar-refractivity contribution in [3.63, 3.8) is 0 Å². The van der Waals surface area contributed by atoms with Gasteiger partial charge in [0, 0.05) is 33.8 Å². The Kier molecular flexibility index (Phi) is 6.68. The lowest BCUT2D eigenvalue weighted by Gasteiger charge is -2.22. The Morgan fingerprint density at radius 2 is 2.17 bits per heavy atom. The van der Waals surface area contributed by atoms with E-state index in [0.29, 0.717) is 18.8 Å². The van der Waals surface area contributed by atoms with E-state index in [2.05, 4.69) is 12.2 Å². The van der Waals surface area contributed by atoms with Gasteiger partial charge in [0.15, 0.2) is 0 Å². The van der Waals surface area contributed by atoms with Crippen molar-refractivity contribution in [2.24, 2.45) is 0 Å². The van der Waals surface area contributed by atoms with Crippen LogP contribution in [0.3, 0.4) is 0 Å². The van der Waals surface area contributed by atoms with Gasteiger partial charge in [-0.15, -0.1) is 0 Å².